The molecule has 0 atom stereocenters. The molecule has 0 spiro atoms. The Morgan fingerprint density at radius 3 is 2.70 bits per heavy atom. The number of halogens is 2. The molecule has 0 saturated carbocycles. The van der Waals surface area contributed by atoms with Crippen molar-refractivity contribution >= 4 is 16.9 Å². The first-order valence-corrected chi connectivity index (χ1v) is 8.01. The number of aromatic nitrogens is 3. The Kier molecular flexibility index (Phi) is 4.29. The van der Waals surface area contributed by atoms with Gasteiger partial charge in [0.05, 0.1) is 29.3 Å². The zero-order chi connectivity index (χ0) is 18.8. The van der Waals surface area contributed by atoms with Gasteiger partial charge in [-0.2, -0.15) is 0 Å². The molecular weight excluding hydrogens is 354 g/mol. The second kappa shape index (κ2) is 6.91. The summed E-state index contributed by atoms with van der Waals surface area (Å²) in [4.78, 5) is 20.7. The first kappa shape index (κ1) is 16.8. The quantitative estimate of drug-likeness (QED) is 0.598. The highest BCUT2D eigenvalue weighted by Gasteiger charge is 2.14. The maximum atomic E-state index is 13.8. The summed E-state index contributed by atoms with van der Waals surface area (Å²) in [5, 5.41) is 6.44. The summed E-state index contributed by atoms with van der Waals surface area (Å²) < 4.78 is 31.9. The summed E-state index contributed by atoms with van der Waals surface area (Å²) >= 11 is 0. The fraction of sp³-hybridized carbons (Fsp3) is 0.0526. The molecule has 4 rings (SSSR count). The number of hydrogen-bond donors (Lipinski definition) is 1. The van der Waals surface area contributed by atoms with E-state index in [0.29, 0.717) is 16.7 Å². The standard InChI is InChI=1S/C19H12F2N4O2/c20-11-5-6-13(14(21)7-11)18-8-12(25-27-18)9-23-19(26)17-10-22-15-3-1-2-4-16(15)24-17/h1-8,10H,9H2,(H,23,26). The van der Waals surface area contributed by atoms with Crippen molar-refractivity contribution < 1.29 is 18.1 Å². The zero-order valence-electron chi connectivity index (χ0n) is 13.8. The Hall–Kier alpha value is -3.68. The molecule has 2 heterocycles. The molecule has 0 unspecified atom stereocenters. The molecule has 6 nitrogen and oxygen atoms in total. The van der Waals surface area contributed by atoms with Crippen LogP contribution in [0.4, 0.5) is 8.78 Å². The van der Waals surface area contributed by atoms with E-state index < -0.39 is 17.5 Å². The van der Waals surface area contributed by atoms with Crippen LogP contribution in [0.5, 0.6) is 0 Å². The molecule has 0 radical (unpaired) electrons. The number of carbonyl (C=O) groups is 1. The maximum absolute atomic E-state index is 13.8. The number of nitrogens with one attached hydrogen (secondary N) is 1. The molecule has 134 valence electrons. The van der Waals surface area contributed by atoms with Gasteiger partial charge in [0.25, 0.3) is 5.91 Å². The number of rotatable bonds is 4. The van der Waals surface area contributed by atoms with Crippen LogP contribution in [-0.2, 0) is 6.54 Å². The van der Waals surface area contributed by atoms with Crippen molar-refractivity contribution in [3.63, 3.8) is 0 Å². The van der Waals surface area contributed by atoms with Gasteiger partial charge in [-0.25, -0.2) is 13.8 Å². The van der Waals surface area contributed by atoms with E-state index in [1.165, 1.54) is 18.3 Å². The number of hydrogen-bond acceptors (Lipinski definition) is 5. The number of carbonyl (C=O) groups excluding carboxylic acids is 1. The van der Waals surface area contributed by atoms with Gasteiger partial charge < -0.3 is 9.84 Å². The molecule has 8 heteroatoms. The maximum Gasteiger partial charge on any atom is 0.271 e. The summed E-state index contributed by atoms with van der Waals surface area (Å²) in [6.45, 7) is 0.0552. The number of benzene rings is 2. The van der Waals surface area contributed by atoms with Gasteiger partial charge in [-0.15, -0.1) is 0 Å². The third-order valence-corrected chi connectivity index (χ3v) is 3.87. The lowest BCUT2D eigenvalue weighted by Gasteiger charge is -2.03. The molecule has 2 aromatic carbocycles. The average molecular weight is 366 g/mol. The molecule has 0 bridgehead atoms. The molecule has 0 aliphatic heterocycles. The smallest absolute Gasteiger partial charge is 0.271 e. The van der Waals surface area contributed by atoms with E-state index >= 15 is 0 Å². The molecule has 0 aliphatic rings. The Bertz CT molecular complexity index is 1140. The van der Waals surface area contributed by atoms with Crippen molar-refractivity contribution in [3.8, 4) is 11.3 Å². The minimum atomic E-state index is -0.756. The summed E-state index contributed by atoms with van der Waals surface area (Å²) in [7, 11) is 0. The van der Waals surface area contributed by atoms with E-state index in [2.05, 4.69) is 20.4 Å². The van der Waals surface area contributed by atoms with Crippen LogP contribution in [-0.4, -0.2) is 21.0 Å². The van der Waals surface area contributed by atoms with E-state index in [1.54, 1.807) is 12.1 Å². The van der Waals surface area contributed by atoms with Crippen LogP contribution in [0.15, 0.2) is 59.3 Å². The fourth-order valence-electron chi connectivity index (χ4n) is 2.54. The minimum absolute atomic E-state index is 0.0552. The third-order valence-electron chi connectivity index (χ3n) is 3.87. The van der Waals surface area contributed by atoms with E-state index in [9.17, 15) is 13.6 Å². The highest BCUT2D eigenvalue weighted by atomic mass is 19.1. The predicted molar refractivity (Wildman–Crippen MR) is 92.6 cm³/mol. The van der Waals surface area contributed by atoms with Crippen molar-refractivity contribution in [2.45, 2.75) is 6.54 Å². The number of amides is 1. The normalized spacial score (nSPS) is 10.9. The van der Waals surface area contributed by atoms with Gasteiger partial charge >= 0.3 is 0 Å². The largest absolute Gasteiger partial charge is 0.356 e. The lowest BCUT2D eigenvalue weighted by atomic mass is 10.1. The second-order valence-electron chi connectivity index (χ2n) is 5.73. The molecular formula is C19H12F2N4O2. The first-order valence-electron chi connectivity index (χ1n) is 8.01. The molecule has 27 heavy (non-hydrogen) atoms. The SMILES string of the molecule is O=C(NCc1cc(-c2ccc(F)cc2F)on1)c1cnc2ccccc2n1. The van der Waals surface area contributed by atoms with Crippen molar-refractivity contribution in [2.75, 3.05) is 0 Å². The van der Waals surface area contributed by atoms with Gasteiger partial charge in [-0.1, -0.05) is 17.3 Å². The summed E-state index contributed by atoms with van der Waals surface area (Å²) in [5.41, 5.74) is 1.94. The third kappa shape index (κ3) is 3.50. The van der Waals surface area contributed by atoms with Crippen LogP contribution in [0, 0.1) is 11.6 Å². The zero-order valence-corrected chi connectivity index (χ0v) is 13.8. The topological polar surface area (TPSA) is 80.9 Å². The van der Waals surface area contributed by atoms with Gasteiger partial charge in [0, 0.05) is 12.1 Å². The first-order chi connectivity index (χ1) is 13.1. The number of para-hydroxylation sites is 2. The lowest BCUT2D eigenvalue weighted by Crippen LogP contribution is -2.24. The van der Waals surface area contributed by atoms with E-state index in [4.69, 9.17) is 4.52 Å². The second-order valence-corrected chi connectivity index (χ2v) is 5.73. The van der Waals surface area contributed by atoms with Crippen LogP contribution < -0.4 is 5.32 Å². The van der Waals surface area contributed by atoms with Crippen LogP contribution in [0.2, 0.25) is 0 Å². The number of fused-ring (bicyclic) bond motifs is 1. The van der Waals surface area contributed by atoms with Crippen LogP contribution >= 0.6 is 0 Å². The van der Waals surface area contributed by atoms with E-state index in [1.807, 2.05) is 12.1 Å². The van der Waals surface area contributed by atoms with Gasteiger partial charge in [-0.05, 0) is 24.3 Å². The summed E-state index contributed by atoms with van der Waals surface area (Å²) in [6, 6.07) is 11.8. The highest BCUT2D eigenvalue weighted by Crippen LogP contribution is 2.24. The molecule has 4 aromatic rings. The highest BCUT2D eigenvalue weighted by molar-refractivity contribution is 5.93. The average Bonchev–Trinajstić information content (AvgIpc) is 3.14. The Morgan fingerprint density at radius 1 is 1.07 bits per heavy atom. The minimum Gasteiger partial charge on any atom is -0.356 e. The van der Waals surface area contributed by atoms with Gasteiger partial charge in [0.15, 0.2) is 5.76 Å². The number of nitrogens with zero attached hydrogens (tertiary/aromatic N) is 3. The van der Waals surface area contributed by atoms with E-state index in [-0.39, 0.29) is 23.6 Å². The van der Waals surface area contributed by atoms with Crippen LogP contribution in [0.3, 0.4) is 0 Å². The predicted octanol–water partition coefficient (Wildman–Crippen LogP) is 3.49. The van der Waals surface area contributed by atoms with Gasteiger partial charge in [0.2, 0.25) is 0 Å². The lowest BCUT2D eigenvalue weighted by molar-refractivity contribution is 0.0945. The molecule has 1 N–H and O–H groups in total. The van der Waals surface area contributed by atoms with Crippen molar-refractivity contribution in [1.82, 2.24) is 20.4 Å². The van der Waals surface area contributed by atoms with Crippen LogP contribution in [0.1, 0.15) is 16.2 Å². The van der Waals surface area contributed by atoms with Crippen molar-refractivity contribution in [3.05, 3.63) is 77.8 Å². The van der Waals surface area contributed by atoms with Gasteiger partial charge in [-0.3, -0.25) is 9.78 Å². The fourth-order valence-corrected chi connectivity index (χ4v) is 2.54. The molecule has 1 amide bonds. The summed E-state index contributed by atoms with van der Waals surface area (Å²) in [5.74, 6) is -1.72. The molecule has 0 aliphatic carbocycles. The van der Waals surface area contributed by atoms with Crippen molar-refractivity contribution in [2.24, 2.45) is 0 Å². The summed E-state index contributed by atoms with van der Waals surface area (Å²) in [6.07, 6.45) is 1.39. The molecule has 0 fully saturated rings. The monoisotopic (exact) mass is 366 g/mol. The molecule has 2 aromatic heterocycles. The van der Waals surface area contributed by atoms with Crippen molar-refractivity contribution in [1.29, 1.82) is 0 Å². The Labute approximate surface area is 151 Å². The molecule has 0 saturated heterocycles. The Balaban J connectivity index is 1.47. The van der Waals surface area contributed by atoms with E-state index in [0.717, 1.165) is 12.1 Å². The van der Waals surface area contributed by atoms with Crippen LogP contribution in [0.25, 0.3) is 22.4 Å². The van der Waals surface area contributed by atoms with Gasteiger partial charge in [0.1, 0.15) is 23.0 Å². The Morgan fingerprint density at radius 2 is 1.89 bits per heavy atom.